The second-order valence-corrected chi connectivity index (χ2v) is 7.03. The van der Waals surface area contributed by atoms with Crippen LogP contribution in [-0.4, -0.2) is 84.6 Å². The third kappa shape index (κ3) is 9.22. The van der Waals surface area contributed by atoms with Gasteiger partial charge < -0.3 is 24.6 Å². The van der Waals surface area contributed by atoms with Gasteiger partial charge >= 0.3 is 0 Å². The summed E-state index contributed by atoms with van der Waals surface area (Å²) < 4.78 is 10.4. The van der Waals surface area contributed by atoms with E-state index in [1.807, 2.05) is 6.07 Å². The van der Waals surface area contributed by atoms with E-state index in [2.05, 4.69) is 46.0 Å². The van der Waals surface area contributed by atoms with Crippen LogP contribution >= 0.6 is 24.0 Å². The average Bonchev–Trinajstić information content (AvgIpc) is 3.12. The highest BCUT2D eigenvalue weighted by molar-refractivity contribution is 14.0. The Balaban J connectivity index is 0.00000364. The SMILES string of the molecule is CCNC(=NCC(O)COCC(C)C)N1CCN(Cc2ccon2)CC1.I. The number of nitrogens with zero attached hydrogens (tertiary/aromatic N) is 4. The molecule has 0 radical (unpaired) electrons. The Hall–Kier alpha value is -0.910. The number of aliphatic hydroxyl groups excluding tert-OH is 1. The first-order valence-corrected chi connectivity index (χ1v) is 9.49. The highest BCUT2D eigenvalue weighted by Gasteiger charge is 2.20. The summed E-state index contributed by atoms with van der Waals surface area (Å²) in [5, 5.41) is 17.4. The summed E-state index contributed by atoms with van der Waals surface area (Å²) in [4.78, 5) is 9.19. The van der Waals surface area contributed by atoms with E-state index in [1.54, 1.807) is 6.26 Å². The first-order chi connectivity index (χ1) is 12.6. The van der Waals surface area contributed by atoms with Crippen LogP contribution in [0.5, 0.6) is 0 Å². The molecule has 0 spiro atoms. The number of piperazine rings is 1. The molecular formula is C18H34IN5O3. The van der Waals surface area contributed by atoms with E-state index in [0.717, 1.165) is 50.9 Å². The number of guanidine groups is 1. The lowest BCUT2D eigenvalue weighted by Gasteiger charge is -2.36. The average molecular weight is 495 g/mol. The minimum Gasteiger partial charge on any atom is -0.389 e. The predicted octanol–water partition coefficient (Wildman–Crippen LogP) is 1.41. The van der Waals surface area contributed by atoms with E-state index >= 15 is 0 Å². The molecule has 0 aromatic carbocycles. The molecule has 0 amide bonds. The number of hydrogen-bond acceptors (Lipinski definition) is 6. The van der Waals surface area contributed by atoms with Crippen molar-refractivity contribution < 1.29 is 14.4 Å². The number of aliphatic hydroxyl groups is 1. The van der Waals surface area contributed by atoms with Gasteiger partial charge in [0.25, 0.3) is 0 Å². The van der Waals surface area contributed by atoms with Crippen LogP contribution < -0.4 is 5.32 Å². The van der Waals surface area contributed by atoms with Crippen molar-refractivity contribution in [2.24, 2.45) is 10.9 Å². The lowest BCUT2D eigenvalue weighted by molar-refractivity contribution is 0.0300. The molecule has 2 rings (SSSR count). The fraction of sp³-hybridized carbons (Fsp3) is 0.778. The number of nitrogens with one attached hydrogen (secondary N) is 1. The maximum Gasteiger partial charge on any atom is 0.194 e. The maximum absolute atomic E-state index is 10.1. The topological polar surface area (TPSA) is 86.4 Å². The largest absolute Gasteiger partial charge is 0.389 e. The van der Waals surface area contributed by atoms with Crippen molar-refractivity contribution in [3.05, 3.63) is 18.0 Å². The summed E-state index contributed by atoms with van der Waals surface area (Å²) in [6.45, 7) is 12.9. The molecule has 0 saturated carbocycles. The van der Waals surface area contributed by atoms with E-state index in [4.69, 9.17) is 9.26 Å². The van der Waals surface area contributed by atoms with Gasteiger partial charge in [0.15, 0.2) is 5.96 Å². The zero-order chi connectivity index (χ0) is 18.8. The Morgan fingerprint density at radius 2 is 2.07 bits per heavy atom. The van der Waals surface area contributed by atoms with Crippen LogP contribution in [-0.2, 0) is 11.3 Å². The number of halogens is 1. The molecule has 1 saturated heterocycles. The summed E-state index contributed by atoms with van der Waals surface area (Å²) in [5.41, 5.74) is 0.962. The van der Waals surface area contributed by atoms with Gasteiger partial charge in [-0.1, -0.05) is 19.0 Å². The monoisotopic (exact) mass is 495 g/mol. The van der Waals surface area contributed by atoms with Gasteiger partial charge in [-0.25, -0.2) is 0 Å². The lowest BCUT2D eigenvalue weighted by atomic mass is 10.2. The second kappa shape index (κ2) is 13.3. The molecule has 1 atom stereocenters. The van der Waals surface area contributed by atoms with E-state index in [9.17, 15) is 5.11 Å². The van der Waals surface area contributed by atoms with E-state index in [1.165, 1.54) is 0 Å². The molecule has 0 aliphatic carbocycles. The van der Waals surface area contributed by atoms with Crippen molar-refractivity contribution in [2.45, 2.75) is 33.4 Å². The molecule has 1 aliphatic rings. The fourth-order valence-electron chi connectivity index (χ4n) is 2.78. The van der Waals surface area contributed by atoms with Gasteiger partial charge in [0, 0.05) is 51.9 Å². The summed E-state index contributed by atoms with van der Waals surface area (Å²) in [7, 11) is 0. The minimum absolute atomic E-state index is 0. The van der Waals surface area contributed by atoms with Crippen LogP contribution in [0.2, 0.25) is 0 Å². The number of aromatic nitrogens is 1. The molecule has 8 nitrogen and oxygen atoms in total. The molecule has 2 heterocycles. The van der Waals surface area contributed by atoms with Crippen LogP contribution in [0.4, 0.5) is 0 Å². The summed E-state index contributed by atoms with van der Waals surface area (Å²) >= 11 is 0. The molecule has 27 heavy (non-hydrogen) atoms. The highest BCUT2D eigenvalue weighted by atomic mass is 127. The Bertz CT molecular complexity index is 519. The van der Waals surface area contributed by atoms with Gasteiger partial charge in [0.2, 0.25) is 0 Å². The number of aliphatic imine (C=N–C) groups is 1. The number of hydrogen-bond donors (Lipinski definition) is 2. The van der Waals surface area contributed by atoms with Crippen molar-refractivity contribution >= 4 is 29.9 Å². The third-order valence-electron chi connectivity index (χ3n) is 4.10. The van der Waals surface area contributed by atoms with E-state index in [0.29, 0.717) is 25.7 Å². The molecule has 0 bridgehead atoms. The van der Waals surface area contributed by atoms with Crippen molar-refractivity contribution in [1.82, 2.24) is 20.3 Å². The quantitative estimate of drug-likeness (QED) is 0.305. The smallest absolute Gasteiger partial charge is 0.194 e. The van der Waals surface area contributed by atoms with Gasteiger partial charge in [-0.3, -0.25) is 9.89 Å². The van der Waals surface area contributed by atoms with Crippen molar-refractivity contribution in [1.29, 1.82) is 0 Å². The molecule has 1 aromatic rings. The maximum atomic E-state index is 10.1. The molecule has 2 N–H and O–H groups in total. The van der Waals surface area contributed by atoms with Crippen LogP contribution in [0.1, 0.15) is 26.5 Å². The molecule has 156 valence electrons. The van der Waals surface area contributed by atoms with E-state index in [-0.39, 0.29) is 24.0 Å². The molecule has 9 heteroatoms. The zero-order valence-electron chi connectivity index (χ0n) is 16.6. The van der Waals surface area contributed by atoms with Crippen LogP contribution in [0.15, 0.2) is 21.8 Å². The lowest BCUT2D eigenvalue weighted by Crippen LogP contribution is -2.52. The Kier molecular flexibility index (Phi) is 11.9. The Labute approximate surface area is 179 Å². The fourth-order valence-corrected chi connectivity index (χ4v) is 2.78. The standard InChI is InChI=1S/C18H33N5O3.HI/c1-4-19-18(20-11-17(24)14-25-13-15(2)3)23-8-6-22(7-9-23)12-16-5-10-26-21-16;/h5,10,15,17,24H,4,6-9,11-14H2,1-3H3,(H,19,20);1H. The first kappa shape index (κ1) is 24.1. The van der Waals surface area contributed by atoms with Crippen LogP contribution in [0.25, 0.3) is 0 Å². The summed E-state index contributed by atoms with van der Waals surface area (Å²) in [6.07, 6.45) is 1.04. The van der Waals surface area contributed by atoms with Gasteiger partial charge in [0.05, 0.1) is 24.9 Å². The van der Waals surface area contributed by atoms with Gasteiger partial charge in [-0.2, -0.15) is 0 Å². The Morgan fingerprint density at radius 3 is 2.67 bits per heavy atom. The van der Waals surface area contributed by atoms with E-state index < -0.39 is 6.10 Å². The first-order valence-electron chi connectivity index (χ1n) is 9.49. The van der Waals surface area contributed by atoms with Gasteiger partial charge in [0.1, 0.15) is 6.26 Å². The Morgan fingerprint density at radius 1 is 1.33 bits per heavy atom. The molecular weight excluding hydrogens is 461 g/mol. The van der Waals surface area contributed by atoms with Crippen molar-refractivity contribution in [3.8, 4) is 0 Å². The number of ether oxygens (including phenoxy) is 1. The van der Waals surface area contributed by atoms with Gasteiger partial charge in [-0.05, 0) is 12.8 Å². The van der Waals surface area contributed by atoms with Gasteiger partial charge in [-0.15, -0.1) is 24.0 Å². The second-order valence-electron chi connectivity index (χ2n) is 7.03. The molecule has 1 aliphatic heterocycles. The highest BCUT2D eigenvalue weighted by Crippen LogP contribution is 2.07. The summed E-state index contributed by atoms with van der Waals surface area (Å²) in [6, 6.07) is 1.90. The predicted molar refractivity (Wildman–Crippen MR) is 116 cm³/mol. The van der Waals surface area contributed by atoms with Crippen molar-refractivity contribution in [2.75, 3.05) is 52.5 Å². The normalized spacial score (nSPS) is 17.1. The number of rotatable bonds is 9. The zero-order valence-corrected chi connectivity index (χ0v) is 19.0. The molecule has 1 aromatic heterocycles. The minimum atomic E-state index is -0.573. The molecule has 1 fully saturated rings. The van der Waals surface area contributed by atoms with Crippen LogP contribution in [0, 0.1) is 5.92 Å². The van der Waals surface area contributed by atoms with Crippen LogP contribution in [0.3, 0.4) is 0 Å². The third-order valence-corrected chi connectivity index (χ3v) is 4.10. The molecule has 1 unspecified atom stereocenters. The summed E-state index contributed by atoms with van der Waals surface area (Å²) in [5.74, 6) is 1.33. The van der Waals surface area contributed by atoms with Crippen molar-refractivity contribution in [3.63, 3.8) is 0 Å².